The first kappa shape index (κ1) is 20.6. The van der Waals surface area contributed by atoms with E-state index < -0.39 is 18.0 Å². The van der Waals surface area contributed by atoms with E-state index in [0.29, 0.717) is 29.8 Å². The molecule has 0 fully saturated rings. The Hall–Kier alpha value is -2.68. The molecule has 2 aromatic heterocycles. The highest BCUT2D eigenvalue weighted by atomic mass is 19.4. The number of hydrogen-bond acceptors (Lipinski definition) is 5. The number of nitrogens with two attached hydrogens (primary N) is 1. The number of amides is 1. The molecule has 0 saturated heterocycles. The largest absolute Gasteiger partial charge is 0.433 e. The van der Waals surface area contributed by atoms with Crippen molar-refractivity contribution >= 4 is 11.6 Å². The van der Waals surface area contributed by atoms with Gasteiger partial charge in [0.25, 0.3) is 0 Å². The summed E-state index contributed by atoms with van der Waals surface area (Å²) in [6, 6.07) is 3.63. The normalized spacial score (nSPS) is 12.6. The van der Waals surface area contributed by atoms with E-state index in [2.05, 4.69) is 9.97 Å². The monoisotopic (exact) mass is 382 g/mol. The Kier molecular flexibility index (Phi) is 6.73. The summed E-state index contributed by atoms with van der Waals surface area (Å²) < 4.78 is 37.7. The van der Waals surface area contributed by atoms with Crippen molar-refractivity contribution in [1.82, 2.24) is 14.9 Å². The van der Waals surface area contributed by atoms with Crippen molar-refractivity contribution < 1.29 is 23.1 Å². The number of carbonyl (C=O) groups is 1. The maximum absolute atomic E-state index is 12.6. The SMILES string of the molecule is CCCN(CC(O)c1cnccc1N)C(=O)Cc1ccc(C(F)(F)F)nc1. The van der Waals surface area contributed by atoms with Gasteiger partial charge >= 0.3 is 6.18 Å². The Morgan fingerprint density at radius 1 is 1.30 bits per heavy atom. The first-order chi connectivity index (χ1) is 12.7. The van der Waals surface area contributed by atoms with Crippen molar-refractivity contribution in [3.05, 3.63) is 53.6 Å². The molecule has 3 N–H and O–H groups in total. The highest BCUT2D eigenvalue weighted by Gasteiger charge is 2.32. The number of alkyl halides is 3. The van der Waals surface area contributed by atoms with Gasteiger partial charge in [-0.25, -0.2) is 0 Å². The topological polar surface area (TPSA) is 92.3 Å². The number of aliphatic hydroxyl groups excluding tert-OH is 1. The van der Waals surface area contributed by atoms with Crippen molar-refractivity contribution in [2.75, 3.05) is 18.8 Å². The van der Waals surface area contributed by atoms with E-state index in [-0.39, 0.29) is 18.9 Å². The highest BCUT2D eigenvalue weighted by molar-refractivity contribution is 5.78. The van der Waals surface area contributed by atoms with Crippen molar-refractivity contribution in [2.24, 2.45) is 0 Å². The van der Waals surface area contributed by atoms with Gasteiger partial charge in [0.2, 0.25) is 5.91 Å². The van der Waals surface area contributed by atoms with E-state index in [1.54, 1.807) is 6.07 Å². The van der Waals surface area contributed by atoms with E-state index in [4.69, 9.17) is 5.73 Å². The molecule has 0 bridgehead atoms. The van der Waals surface area contributed by atoms with Crippen LogP contribution in [0.15, 0.2) is 36.8 Å². The van der Waals surface area contributed by atoms with Gasteiger partial charge in [0, 0.05) is 36.4 Å². The molecular formula is C18H21F3N4O2. The average molecular weight is 382 g/mol. The second-order valence-electron chi connectivity index (χ2n) is 6.09. The minimum Gasteiger partial charge on any atom is -0.398 e. The molecule has 0 spiro atoms. The fourth-order valence-corrected chi connectivity index (χ4v) is 2.57. The Labute approximate surface area is 154 Å². The summed E-state index contributed by atoms with van der Waals surface area (Å²) >= 11 is 0. The lowest BCUT2D eigenvalue weighted by Crippen LogP contribution is -2.36. The lowest BCUT2D eigenvalue weighted by atomic mass is 10.1. The van der Waals surface area contributed by atoms with Crippen LogP contribution in [-0.2, 0) is 17.4 Å². The van der Waals surface area contributed by atoms with Crippen molar-refractivity contribution in [3.8, 4) is 0 Å². The molecule has 27 heavy (non-hydrogen) atoms. The van der Waals surface area contributed by atoms with Crippen LogP contribution < -0.4 is 5.73 Å². The summed E-state index contributed by atoms with van der Waals surface area (Å²) in [7, 11) is 0. The number of halogens is 3. The Bertz CT molecular complexity index is 766. The van der Waals surface area contributed by atoms with Gasteiger partial charge < -0.3 is 15.7 Å². The second kappa shape index (κ2) is 8.81. The second-order valence-corrected chi connectivity index (χ2v) is 6.09. The summed E-state index contributed by atoms with van der Waals surface area (Å²) in [6.07, 6.45) is -1.01. The molecule has 6 nitrogen and oxygen atoms in total. The first-order valence-corrected chi connectivity index (χ1v) is 8.39. The predicted octanol–water partition coefficient (Wildman–Crippen LogP) is 2.59. The minimum absolute atomic E-state index is 0.0105. The van der Waals surface area contributed by atoms with Crippen molar-refractivity contribution in [1.29, 1.82) is 0 Å². The molecule has 1 amide bonds. The number of pyridine rings is 2. The van der Waals surface area contributed by atoms with Crippen LogP contribution in [-0.4, -0.2) is 39.0 Å². The lowest BCUT2D eigenvalue weighted by molar-refractivity contribution is -0.141. The number of nitrogens with zero attached hydrogens (tertiary/aromatic N) is 3. The first-order valence-electron chi connectivity index (χ1n) is 8.39. The van der Waals surface area contributed by atoms with E-state index in [1.807, 2.05) is 6.92 Å². The van der Waals surface area contributed by atoms with Gasteiger partial charge in [0.05, 0.1) is 13.0 Å². The zero-order chi connectivity index (χ0) is 20.0. The zero-order valence-electron chi connectivity index (χ0n) is 14.8. The fourth-order valence-electron chi connectivity index (χ4n) is 2.57. The van der Waals surface area contributed by atoms with Gasteiger partial charge in [-0.1, -0.05) is 13.0 Å². The maximum Gasteiger partial charge on any atom is 0.433 e. The predicted molar refractivity (Wildman–Crippen MR) is 93.4 cm³/mol. The van der Waals surface area contributed by atoms with Crippen LogP contribution in [0.3, 0.4) is 0 Å². The number of nitrogen functional groups attached to an aromatic ring is 1. The Morgan fingerprint density at radius 3 is 2.59 bits per heavy atom. The quantitative estimate of drug-likeness (QED) is 0.768. The van der Waals surface area contributed by atoms with Crippen LogP contribution in [0, 0.1) is 0 Å². The molecule has 0 aliphatic carbocycles. The molecule has 9 heteroatoms. The van der Waals surface area contributed by atoms with Crippen LogP contribution in [0.1, 0.15) is 36.3 Å². The van der Waals surface area contributed by atoms with E-state index >= 15 is 0 Å². The van der Waals surface area contributed by atoms with E-state index in [0.717, 1.165) is 12.3 Å². The van der Waals surface area contributed by atoms with Crippen LogP contribution >= 0.6 is 0 Å². The number of carbonyl (C=O) groups excluding carboxylic acids is 1. The van der Waals surface area contributed by atoms with Gasteiger partial charge in [-0.2, -0.15) is 13.2 Å². The summed E-state index contributed by atoms with van der Waals surface area (Å²) in [4.78, 5) is 21.3. The highest BCUT2D eigenvalue weighted by Crippen LogP contribution is 2.27. The molecule has 2 rings (SSSR count). The third-order valence-electron chi connectivity index (χ3n) is 3.96. The van der Waals surface area contributed by atoms with Crippen LogP contribution in [0.4, 0.5) is 18.9 Å². The molecule has 0 aliphatic rings. The minimum atomic E-state index is -4.52. The Morgan fingerprint density at radius 2 is 2.04 bits per heavy atom. The molecule has 1 atom stereocenters. The zero-order valence-corrected chi connectivity index (χ0v) is 14.8. The maximum atomic E-state index is 12.6. The third-order valence-corrected chi connectivity index (χ3v) is 3.96. The number of aromatic nitrogens is 2. The van der Waals surface area contributed by atoms with Gasteiger partial charge in [-0.05, 0) is 24.1 Å². The molecular weight excluding hydrogens is 361 g/mol. The standard InChI is InChI=1S/C18H21F3N4O2/c1-2-7-25(11-15(26)13-10-23-6-5-14(13)22)17(27)8-12-3-4-16(24-9-12)18(19,20)21/h3-6,9-10,15,26H,2,7-8,11H2,1H3,(H2,22,23). The summed E-state index contributed by atoms with van der Waals surface area (Å²) in [5.41, 5.74) is 5.96. The van der Waals surface area contributed by atoms with Crippen molar-refractivity contribution in [3.63, 3.8) is 0 Å². The number of aliphatic hydroxyl groups is 1. The van der Waals surface area contributed by atoms with Crippen LogP contribution in [0.2, 0.25) is 0 Å². The molecule has 146 valence electrons. The van der Waals surface area contributed by atoms with Gasteiger partial charge in [0.1, 0.15) is 11.8 Å². The molecule has 0 saturated carbocycles. The fraction of sp³-hybridized carbons (Fsp3) is 0.389. The molecule has 0 radical (unpaired) electrons. The van der Waals surface area contributed by atoms with Crippen LogP contribution in [0.25, 0.3) is 0 Å². The summed E-state index contributed by atoms with van der Waals surface area (Å²) in [6.45, 7) is 2.28. The molecule has 0 aliphatic heterocycles. The van der Waals surface area contributed by atoms with Crippen molar-refractivity contribution in [2.45, 2.75) is 32.0 Å². The number of rotatable bonds is 7. The molecule has 0 aromatic carbocycles. The lowest BCUT2D eigenvalue weighted by Gasteiger charge is -2.25. The molecule has 2 aromatic rings. The van der Waals surface area contributed by atoms with Gasteiger partial charge in [-0.3, -0.25) is 14.8 Å². The molecule has 2 heterocycles. The average Bonchev–Trinajstić information content (AvgIpc) is 2.61. The van der Waals surface area contributed by atoms with Gasteiger partial charge in [-0.15, -0.1) is 0 Å². The smallest absolute Gasteiger partial charge is 0.398 e. The van der Waals surface area contributed by atoms with E-state index in [1.165, 1.54) is 23.4 Å². The number of anilines is 1. The van der Waals surface area contributed by atoms with Crippen LogP contribution in [0.5, 0.6) is 0 Å². The summed E-state index contributed by atoms with van der Waals surface area (Å²) in [5, 5.41) is 10.4. The Balaban J connectivity index is 2.07. The third kappa shape index (κ3) is 5.65. The summed E-state index contributed by atoms with van der Waals surface area (Å²) in [5.74, 6) is -0.320. The number of hydrogen-bond donors (Lipinski definition) is 2. The van der Waals surface area contributed by atoms with E-state index in [9.17, 15) is 23.1 Å². The molecule has 1 unspecified atom stereocenters. The van der Waals surface area contributed by atoms with Gasteiger partial charge in [0.15, 0.2) is 0 Å².